The second-order valence-corrected chi connectivity index (χ2v) is 9.95. The second kappa shape index (κ2) is 14.7. The Morgan fingerprint density at radius 1 is 1.00 bits per heavy atom. The molecule has 0 aromatic rings. The topological polar surface area (TPSA) is 208 Å². The van der Waals surface area contributed by atoms with Crippen LogP contribution in [0.3, 0.4) is 0 Å². The predicted octanol–water partition coefficient (Wildman–Crippen LogP) is -0.562. The molecule has 1 heterocycles. The minimum atomic E-state index is -2.09. The highest BCUT2D eigenvalue weighted by molar-refractivity contribution is 6.67. The third-order valence-corrected chi connectivity index (χ3v) is 4.73. The normalized spacial score (nSPS) is 25.2. The smallest absolute Gasteiger partial charge is 0.407 e. The van der Waals surface area contributed by atoms with Crippen molar-refractivity contribution < 1.29 is 62.2 Å². The fraction of sp³-hybridized carbons (Fsp3) is 0.737. The summed E-state index contributed by atoms with van der Waals surface area (Å²) >= 11 is 16.7. The maximum absolute atomic E-state index is 12.4. The molecule has 4 N–H and O–H groups in total. The number of carbonyl (C=O) groups excluding carboxylic acids is 5. The monoisotopic (exact) mass is 596 g/mol. The second-order valence-electron chi connectivity index (χ2n) is 7.43. The van der Waals surface area contributed by atoms with Crippen LogP contribution < -0.4 is 11.1 Å². The fourth-order valence-corrected chi connectivity index (χ4v) is 3.14. The summed E-state index contributed by atoms with van der Waals surface area (Å²) in [6, 6.07) is -3.33. The van der Waals surface area contributed by atoms with Crippen LogP contribution in [-0.4, -0.2) is 102 Å². The summed E-state index contributed by atoms with van der Waals surface area (Å²) in [5.74, 6) is -3.57. The van der Waals surface area contributed by atoms with E-state index in [4.69, 9.17) is 69.0 Å². The molecule has 1 fully saturated rings. The van der Waals surface area contributed by atoms with Crippen molar-refractivity contribution in [2.45, 2.75) is 67.5 Å². The minimum absolute atomic E-state index is 0.547. The number of carbonyl (C=O) groups is 5. The number of halogens is 3. The molecule has 0 spiro atoms. The maximum atomic E-state index is 12.4. The Kier molecular flexibility index (Phi) is 13.1. The van der Waals surface area contributed by atoms with Gasteiger partial charge in [-0.25, -0.2) is 4.79 Å². The first kappa shape index (κ1) is 32.9. The van der Waals surface area contributed by atoms with Gasteiger partial charge in [0.05, 0.1) is 7.11 Å². The van der Waals surface area contributed by atoms with Crippen molar-refractivity contribution in [1.82, 2.24) is 5.32 Å². The number of methoxy groups -OCH3 is 1. The van der Waals surface area contributed by atoms with Crippen LogP contribution in [-0.2, 0) is 52.3 Å². The van der Waals surface area contributed by atoms with Crippen LogP contribution in [0.25, 0.3) is 0 Å². The van der Waals surface area contributed by atoms with Crippen LogP contribution >= 0.6 is 34.8 Å². The number of aliphatic hydroxyl groups excluding tert-OH is 1. The Labute approximate surface area is 225 Å². The summed E-state index contributed by atoms with van der Waals surface area (Å²) in [4.78, 5) is 59.2. The summed E-state index contributed by atoms with van der Waals surface area (Å²) in [6.45, 7) is 1.88. The van der Waals surface area contributed by atoms with E-state index in [-0.39, 0.29) is 0 Å². The average molecular weight is 598 g/mol. The van der Waals surface area contributed by atoms with E-state index in [0.717, 1.165) is 27.9 Å². The number of esters is 4. The number of amides is 1. The highest BCUT2D eigenvalue weighted by Gasteiger charge is 2.52. The third kappa shape index (κ3) is 11.4. The van der Waals surface area contributed by atoms with Gasteiger partial charge < -0.3 is 49.3 Å². The molecule has 1 amide bonds. The van der Waals surface area contributed by atoms with Crippen molar-refractivity contribution in [3.63, 3.8) is 0 Å². The highest BCUT2D eigenvalue weighted by Crippen LogP contribution is 2.29. The molecule has 1 unspecified atom stereocenters. The lowest BCUT2D eigenvalue weighted by molar-refractivity contribution is -0.311. The van der Waals surface area contributed by atoms with Crippen LogP contribution in [0, 0.1) is 0 Å². The average Bonchev–Trinajstić information content (AvgIpc) is 2.77. The molecule has 0 radical (unpaired) electrons. The van der Waals surface area contributed by atoms with Gasteiger partial charge in [-0.3, -0.25) is 19.2 Å². The number of rotatable bonds is 10. The molecule has 1 saturated heterocycles. The molecule has 1 aliphatic rings. The van der Waals surface area contributed by atoms with Crippen LogP contribution in [0.4, 0.5) is 4.79 Å². The molecule has 0 aliphatic carbocycles. The highest BCUT2D eigenvalue weighted by atomic mass is 35.6. The van der Waals surface area contributed by atoms with Gasteiger partial charge >= 0.3 is 30.0 Å². The van der Waals surface area contributed by atoms with Gasteiger partial charge in [0.15, 0.2) is 30.8 Å². The third-order valence-electron chi connectivity index (χ3n) is 4.41. The molecule has 0 bridgehead atoms. The van der Waals surface area contributed by atoms with E-state index in [9.17, 15) is 29.1 Å². The molecule has 212 valence electrons. The molecule has 1 rings (SSSR count). The van der Waals surface area contributed by atoms with Crippen molar-refractivity contribution in [2.75, 3.05) is 20.3 Å². The summed E-state index contributed by atoms with van der Waals surface area (Å²) in [6.07, 6.45) is -9.52. The summed E-state index contributed by atoms with van der Waals surface area (Å²) in [7, 11) is 1.01. The van der Waals surface area contributed by atoms with E-state index in [2.05, 4.69) is 10.1 Å². The zero-order chi connectivity index (χ0) is 28.5. The SMILES string of the molecule is COC(=O)[C@@H](N)C(O)O[C@H]1O[C@H](COC(C)=O)[C@@H](OC(C)=O)[C@H](OC(C)=O)[C@H]1NC(=O)OCC(Cl)(Cl)Cl. The molecular weight excluding hydrogens is 571 g/mol. The molecule has 18 heteroatoms. The van der Waals surface area contributed by atoms with Gasteiger partial charge in [0.2, 0.25) is 3.79 Å². The fourth-order valence-electron chi connectivity index (χ4n) is 2.97. The van der Waals surface area contributed by atoms with Gasteiger partial charge in [0.25, 0.3) is 0 Å². The van der Waals surface area contributed by atoms with Gasteiger partial charge in [0, 0.05) is 20.8 Å². The van der Waals surface area contributed by atoms with E-state index in [1.165, 1.54) is 0 Å². The van der Waals surface area contributed by atoms with Crippen LogP contribution in [0.5, 0.6) is 0 Å². The first-order valence-corrected chi connectivity index (χ1v) is 11.5. The van der Waals surface area contributed by atoms with E-state index in [0.29, 0.717) is 0 Å². The van der Waals surface area contributed by atoms with Gasteiger partial charge in [-0.2, -0.15) is 0 Å². The Hall–Kier alpha value is -2.14. The lowest BCUT2D eigenvalue weighted by atomic mass is 9.96. The standard InChI is InChI=1S/C19H27Cl3N2O13/c1-7(25)32-5-10-13(34-8(2)26)14(35-9(3)27)12(24-18(30)33-6-19(20,21)22)17(36-10)37-16(29)11(23)15(28)31-4/h10-14,16-17,29H,5-6,23H2,1-4H3,(H,24,30)/t10-,11-,12-,13-,14-,16?,17-/m1/s1. The minimum Gasteiger partial charge on any atom is -0.468 e. The molecule has 0 aromatic carbocycles. The Morgan fingerprint density at radius 3 is 2.05 bits per heavy atom. The van der Waals surface area contributed by atoms with Crippen molar-refractivity contribution in [3.8, 4) is 0 Å². The van der Waals surface area contributed by atoms with E-state index in [1.807, 2.05) is 0 Å². The summed E-state index contributed by atoms with van der Waals surface area (Å²) in [5.41, 5.74) is 5.59. The maximum Gasteiger partial charge on any atom is 0.407 e. The van der Waals surface area contributed by atoms with Crippen LogP contribution in [0.2, 0.25) is 0 Å². The molecule has 7 atom stereocenters. The Morgan fingerprint density at radius 2 is 1.57 bits per heavy atom. The van der Waals surface area contributed by atoms with Crippen molar-refractivity contribution in [3.05, 3.63) is 0 Å². The van der Waals surface area contributed by atoms with Gasteiger partial charge in [0.1, 0.15) is 25.4 Å². The number of hydrogen-bond acceptors (Lipinski definition) is 14. The number of alkyl carbamates (subject to hydrolysis) is 1. The first-order valence-electron chi connectivity index (χ1n) is 10.4. The largest absolute Gasteiger partial charge is 0.468 e. The molecule has 0 aromatic heterocycles. The van der Waals surface area contributed by atoms with Gasteiger partial charge in [-0.15, -0.1) is 0 Å². The number of nitrogens with one attached hydrogen (secondary N) is 1. The van der Waals surface area contributed by atoms with Crippen LogP contribution in [0.15, 0.2) is 0 Å². The predicted molar refractivity (Wildman–Crippen MR) is 122 cm³/mol. The number of hydrogen-bond donors (Lipinski definition) is 3. The molecule has 15 nitrogen and oxygen atoms in total. The number of aliphatic hydroxyl groups is 1. The summed E-state index contributed by atoms with van der Waals surface area (Å²) in [5, 5.41) is 12.6. The molecule has 1 aliphatic heterocycles. The van der Waals surface area contributed by atoms with E-state index in [1.54, 1.807) is 0 Å². The summed E-state index contributed by atoms with van der Waals surface area (Å²) < 4.78 is 33.7. The molecule has 0 saturated carbocycles. The zero-order valence-electron chi connectivity index (χ0n) is 20.0. The number of nitrogens with two attached hydrogens (primary N) is 1. The number of alkyl halides is 3. The lowest BCUT2D eigenvalue weighted by Crippen LogP contribution is -2.67. The molecule has 37 heavy (non-hydrogen) atoms. The van der Waals surface area contributed by atoms with Crippen molar-refractivity contribution >= 4 is 64.8 Å². The first-order chi connectivity index (χ1) is 17.0. The number of ether oxygens (including phenoxy) is 7. The van der Waals surface area contributed by atoms with Crippen LogP contribution in [0.1, 0.15) is 20.8 Å². The molecular formula is C19H27Cl3N2O13. The van der Waals surface area contributed by atoms with Gasteiger partial charge in [-0.05, 0) is 0 Å². The van der Waals surface area contributed by atoms with Crippen molar-refractivity contribution in [1.29, 1.82) is 0 Å². The quantitative estimate of drug-likeness (QED) is 0.125. The Balaban J connectivity index is 3.42. The zero-order valence-corrected chi connectivity index (χ0v) is 22.3. The van der Waals surface area contributed by atoms with E-state index >= 15 is 0 Å². The van der Waals surface area contributed by atoms with Gasteiger partial charge in [-0.1, -0.05) is 34.8 Å². The Bertz CT molecular complexity index is 841. The van der Waals surface area contributed by atoms with Crippen molar-refractivity contribution in [2.24, 2.45) is 5.73 Å². The van der Waals surface area contributed by atoms with E-state index < -0.39 is 90.0 Å². The lowest BCUT2D eigenvalue weighted by Gasteiger charge is -2.45.